The van der Waals surface area contributed by atoms with E-state index < -0.39 is 0 Å². The molecule has 1 N–H and O–H groups in total. The van der Waals surface area contributed by atoms with Gasteiger partial charge in [-0.2, -0.15) is 5.26 Å². The van der Waals surface area contributed by atoms with Gasteiger partial charge in [-0.05, 0) is 31.1 Å². The van der Waals surface area contributed by atoms with Gasteiger partial charge >= 0.3 is 0 Å². The summed E-state index contributed by atoms with van der Waals surface area (Å²) in [5.41, 5.74) is 1.73. The Hall–Kier alpha value is -2.55. The molecule has 2 aliphatic rings. The van der Waals surface area contributed by atoms with Gasteiger partial charge in [0, 0.05) is 24.5 Å². The second-order valence-corrected chi connectivity index (χ2v) is 6.55. The quantitative estimate of drug-likeness (QED) is 0.919. The Labute approximate surface area is 133 Å². The first-order chi connectivity index (χ1) is 11.2. The highest BCUT2D eigenvalue weighted by atomic mass is 16.5. The first-order valence-corrected chi connectivity index (χ1v) is 7.91. The van der Waals surface area contributed by atoms with Crippen LogP contribution in [-0.4, -0.2) is 30.2 Å². The predicted octanol–water partition coefficient (Wildman–Crippen LogP) is 2.18. The summed E-state index contributed by atoms with van der Waals surface area (Å²) in [5.74, 6) is 0.477. The number of methoxy groups -OCH3 is 1. The van der Waals surface area contributed by atoms with Crippen LogP contribution in [0.3, 0.4) is 0 Å². The van der Waals surface area contributed by atoms with Crippen LogP contribution in [0.25, 0.3) is 10.9 Å². The SMILES string of the molecule is COc1cc2c(N3CCC4(CC3)CC4)c(C#N)c(=O)[nH]c2cn1. The second-order valence-electron chi connectivity index (χ2n) is 6.55. The minimum absolute atomic E-state index is 0.178. The lowest BCUT2D eigenvalue weighted by Gasteiger charge is -2.34. The molecule has 1 aliphatic carbocycles. The van der Waals surface area contributed by atoms with Crippen molar-refractivity contribution >= 4 is 16.6 Å². The molecule has 2 aromatic rings. The number of rotatable bonds is 2. The number of aromatic amines is 1. The number of anilines is 1. The van der Waals surface area contributed by atoms with Crippen LogP contribution in [0.1, 0.15) is 31.2 Å². The van der Waals surface area contributed by atoms with Gasteiger partial charge in [0.15, 0.2) is 0 Å². The minimum Gasteiger partial charge on any atom is -0.481 e. The number of hydrogen-bond donors (Lipinski definition) is 1. The lowest BCUT2D eigenvalue weighted by Crippen LogP contribution is -2.36. The third kappa shape index (κ3) is 2.24. The van der Waals surface area contributed by atoms with Crippen molar-refractivity contribution in [3.8, 4) is 11.9 Å². The number of aromatic nitrogens is 2. The third-order valence-corrected chi connectivity index (χ3v) is 5.26. The van der Waals surface area contributed by atoms with Gasteiger partial charge in [0.1, 0.15) is 11.6 Å². The van der Waals surface area contributed by atoms with Gasteiger partial charge < -0.3 is 14.6 Å². The number of piperidine rings is 1. The Morgan fingerprint density at radius 3 is 2.70 bits per heavy atom. The summed E-state index contributed by atoms with van der Waals surface area (Å²) in [7, 11) is 1.56. The molecule has 1 spiro atoms. The lowest BCUT2D eigenvalue weighted by molar-refractivity contribution is 0.384. The molecule has 0 atom stereocenters. The molecule has 1 aliphatic heterocycles. The van der Waals surface area contributed by atoms with Crippen molar-refractivity contribution in [1.29, 1.82) is 5.26 Å². The van der Waals surface area contributed by atoms with Crippen molar-refractivity contribution in [3.63, 3.8) is 0 Å². The molecule has 0 unspecified atom stereocenters. The summed E-state index contributed by atoms with van der Waals surface area (Å²) < 4.78 is 5.21. The standard InChI is InChI=1S/C17H18N4O2/c1-23-14-8-11-13(10-19-14)20-16(22)12(9-18)15(11)21-6-4-17(2-3-17)5-7-21/h8,10H,2-7H2,1H3,(H,20,22). The third-order valence-electron chi connectivity index (χ3n) is 5.26. The molecule has 3 heterocycles. The molecule has 6 heteroatoms. The van der Waals surface area contributed by atoms with Gasteiger partial charge in [0.05, 0.1) is 24.5 Å². The number of H-pyrrole nitrogens is 1. The number of nitriles is 1. The van der Waals surface area contributed by atoms with Crippen LogP contribution in [0.15, 0.2) is 17.1 Å². The van der Waals surface area contributed by atoms with E-state index in [2.05, 4.69) is 20.9 Å². The number of fused-ring (bicyclic) bond motifs is 1. The maximum Gasteiger partial charge on any atom is 0.268 e. The molecule has 1 saturated heterocycles. The van der Waals surface area contributed by atoms with Gasteiger partial charge in [-0.25, -0.2) is 4.98 Å². The molecule has 118 valence electrons. The second kappa shape index (κ2) is 4.98. The van der Waals surface area contributed by atoms with Crippen LogP contribution >= 0.6 is 0 Å². The normalized spacial score (nSPS) is 18.9. The maximum atomic E-state index is 12.3. The van der Waals surface area contributed by atoms with Gasteiger partial charge in [-0.3, -0.25) is 4.79 Å². The molecule has 4 rings (SSSR count). The summed E-state index contributed by atoms with van der Waals surface area (Å²) in [6.45, 7) is 1.77. The summed E-state index contributed by atoms with van der Waals surface area (Å²) in [6.07, 6.45) is 6.49. The monoisotopic (exact) mass is 310 g/mol. The first-order valence-electron chi connectivity index (χ1n) is 7.91. The fourth-order valence-corrected chi connectivity index (χ4v) is 3.58. The van der Waals surface area contributed by atoms with Gasteiger partial charge in [0.2, 0.25) is 5.88 Å². The number of nitrogens with one attached hydrogen (secondary N) is 1. The largest absolute Gasteiger partial charge is 0.481 e. The molecule has 0 bridgehead atoms. The van der Waals surface area contributed by atoms with E-state index in [0.717, 1.165) is 37.0 Å². The number of pyridine rings is 2. The minimum atomic E-state index is -0.353. The number of ether oxygens (including phenoxy) is 1. The molecular formula is C17H18N4O2. The van der Waals surface area contributed by atoms with E-state index in [-0.39, 0.29) is 11.1 Å². The van der Waals surface area contributed by atoms with Crippen molar-refractivity contribution < 1.29 is 4.74 Å². The smallest absolute Gasteiger partial charge is 0.268 e. The van der Waals surface area contributed by atoms with Crippen LogP contribution in [0.5, 0.6) is 5.88 Å². The van der Waals surface area contributed by atoms with E-state index in [1.165, 1.54) is 12.8 Å². The molecule has 2 aromatic heterocycles. The van der Waals surface area contributed by atoms with E-state index >= 15 is 0 Å². The Morgan fingerprint density at radius 2 is 2.09 bits per heavy atom. The van der Waals surface area contributed by atoms with Crippen LogP contribution < -0.4 is 15.2 Å². The summed E-state index contributed by atoms with van der Waals surface area (Å²) >= 11 is 0. The zero-order chi connectivity index (χ0) is 16.0. The van der Waals surface area contributed by atoms with E-state index in [0.29, 0.717) is 16.8 Å². The number of hydrogen-bond acceptors (Lipinski definition) is 5. The van der Waals surface area contributed by atoms with E-state index in [4.69, 9.17) is 4.74 Å². The highest BCUT2D eigenvalue weighted by Crippen LogP contribution is 2.54. The van der Waals surface area contributed by atoms with E-state index in [9.17, 15) is 10.1 Å². The topological polar surface area (TPSA) is 82.0 Å². The average Bonchev–Trinajstić information content (AvgIpc) is 3.33. The fourth-order valence-electron chi connectivity index (χ4n) is 3.58. The van der Waals surface area contributed by atoms with E-state index in [1.807, 2.05) is 0 Å². The molecule has 1 saturated carbocycles. The van der Waals surface area contributed by atoms with Crippen LogP contribution in [0.2, 0.25) is 0 Å². The molecular weight excluding hydrogens is 292 g/mol. The average molecular weight is 310 g/mol. The van der Waals surface area contributed by atoms with Gasteiger partial charge in [-0.15, -0.1) is 0 Å². The van der Waals surface area contributed by atoms with Crippen molar-refractivity contribution in [1.82, 2.24) is 9.97 Å². The maximum absolute atomic E-state index is 12.3. The van der Waals surface area contributed by atoms with Crippen molar-refractivity contribution in [3.05, 3.63) is 28.2 Å². The van der Waals surface area contributed by atoms with Gasteiger partial charge in [-0.1, -0.05) is 0 Å². The van der Waals surface area contributed by atoms with E-state index in [1.54, 1.807) is 19.4 Å². The van der Waals surface area contributed by atoms with Gasteiger partial charge in [0.25, 0.3) is 5.56 Å². The molecule has 6 nitrogen and oxygen atoms in total. The molecule has 23 heavy (non-hydrogen) atoms. The highest BCUT2D eigenvalue weighted by molar-refractivity contribution is 5.94. The summed E-state index contributed by atoms with van der Waals surface area (Å²) in [5, 5.41) is 10.3. The molecule has 2 fully saturated rings. The molecule has 0 aromatic carbocycles. The fraction of sp³-hybridized carbons (Fsp3) is 0.471. The lowest BCUT2D eigenvalue weighted by atomic mass is 9.92. The number of nitrogens with zero attached hydrogens (tertiary/aromatic N) is 3. The summed E-state index contributed by atoms with van der Waals surface area (Å²) in [6, 6.07) is 3.88. The zero-order valence-electron chi connectivity index (χ0n) is 13.1. The highest BCUT2D eigenvalue weighted by Gasteiger charge is 2.44. The zero-order valence-corrected chi connectivity index (χ0v) is 13.1. The van der Waals surface area contributed by atoms with Crippen LogP contribution in [0.4, 0.5) is 5.69 Å². The Kier molecular flexibility index (Phi) is 3.05. The molecule has 0 radical (unpaired) electrons. The predicted molar refractivity (Wildman–Crippen MR) is 86.7 cm³/mol. The Bertz CT molecular complexity index is 867. The Balaban J connectivity index is 1.88. The molecule has 0 amide bonds. The van der Waals surface area contributed by atoms with Crippen molar-refractivity contribution in [2.45, 2.75) is 25.7 Å². The summed E-state index contributed by atoms with van der Waals surface area (Å²) in [4.78, 5) is 21.3. The first kappa shape index (κ1) is 14.1. The van der Waals surface area contributed by atoms with Crippen LogP contribution in [-0.2, 0) is 0 Å². The van der Waals surface area contributed by atoms with Crippen molar-refractivity contribution in [2.75, 3.05) is 25.1 Å². The van der Waals surface area contributed by atoms with Crippen LogP contribution in [0, 0.1) is 16.7 Å². The Morgan fingerprint density at radius 1 is 1.35 bits per heavy atom. The van der Waals surface area contributed by atoms with Crippen molar-refractivity contribution in [2.24, 2.45) is 5.41 Å².